The molecule has 0 bridgehead atoms. The molecular weight excluding hydrogens is 743 g/mol. The summed E-state index contributed by atoms with van der Waals surface area (Å²) in [6.07, 6.45) is 2.67. The highest BCUT2D eigenvalue weighted by atomic mass is 31.2. The Labute approximate surface area is 326 Å². The zero-order chi connectivity index (χ0) is 40.9. The predicted octanol–water partition coefficient (Wildman–Crippen LogP) is 6.91. The molecule has 0 spiro atoms. The van der Waals surface area contributed by atoms with Gasteiger partial charge in [-0.2, -0.15) is 0 Å². The zero-order valence-corrected chi connectivity index (χ0v) is 33.9. The van der Waals surface area contributed by atoms with Crippen LogP contribution in [0.5, 0.6) is 46.0 Å². The minimum atomic E-state index is -3.74. The van der Waals surface area contributed by atoms with Crippen molar-refractivity contribution in [3.05, 3.63) is 70.8 Å². The molecule has 4 aromatic carbocycles. The Hall–Kier alpha value is -5.59. The Bertz CT molecular complexity index is 2170. The number of benzene rings is 4. The van der Waals surface area contributed by atoms with Crippen LogP contribution in [0.2, 0.25) is 0 Å². The van der Waals surface area contributed by atoms with E-state index in [2.05, 4.69) is 10.6 Å². The van der Waals surface area contributed by atoms with Gasteiger partial charge in [0.1, 0.15) is 11.5 Å². The Morgan fingerprint density at radius 2 is 1.07 bits per heavy atom. The molecule has 2 aliphatic carbocycles. The van der Waals surface area contributed by atoms with Gasteiger partial charge in [-0.25, -0.2) is 4.57 Å². The number of carbonyl (C=O) groups is 2. The molecule has 4 aromatic rings. The summed E-state index contributed by atoms with van der Waals surface area (Å²) in [6, 6.07) is 13.6. The van der Waals surface area contributed by atoms with Gasteiger partial charge in [0.2, 0.25) is 23.3 Å². The number of aromatic hydroxyl groups is 1. The van der Waals surface area contributed by atoms with E-state index < -0.39 is 7.60 Å². The first-order valence-electron chi connectivity index (χ1n) is 17.8. The van der Waals surface area contributed by atoms with Crippen LogP contribution in [0.4, 0.5) is 0 Å². The van der Waals surface area contributed by atoms with Gasteiger partial charge in [0.25, 0.3) is 0 Å². The minimum Gasteiger partial charge on any atom is -0.508 e. The van der Waals surface area contributed by atoms with E-state index in [-0.39, 0.29) is 35.4 Å². The summed E-state index contributed by atoms with van der Waals surface area (Å²) in [5.41, 5.74) is 7.07. The summed E-state index contributed by atoms with van der Waals surface area (Å²) in [7, 11) is 5.68. The average Bonchev–Trinajstić information content (AvgIpc) is 3.39. The minimum absolute atomic E-state index is 0.114. The molecule has 0 fully saturated rings. The monoisotopic (exact) mass is 792 g/mol. The summed E-state index contributed by atoms with van der Waals surface area (Å²) in [6.45, 7) is 4.07. The van der Waals surface area contributed by atoms with Gasteiger partial charge in [-0.3, -0.25) is 9.59 Å². The molecule has 0 aromatic heterocycles. The quantitative estimate of drug-likeness (QED) is 0.122. The number of ether oxygens (including phenoxy) is 6. The lowest BCUT2D eigenvalue weighted by Gasteiger charge is -2.22. The first-order chi connectivity index (χ1) is 26.7. The van der Waals surface area contributed by atoms with Gasteiger partial charge < -0.3 is 53.6 Å². The summed E-state index contributed by atoms with van der Waals surface area (Å²) >= 11 is 0. The lowest BCUT2D eigenvalue weighted by molar-refractivity contribution is -0.120. The van der Waals surface area contributed by atoms with Crippen molar-refractivity contribution in [3.63, 3.8) is 0 Å². The normalized spacial score (nSPS) is 16.2. The van der Waals surface area contributed by atoms with Crippen LogP contribution in [0.1, 0.15) is 61.0 Å². The highest BCUT2D eigenvalue weighted by Crippen LogP contribution is 2.53. The van der Waals surface area contributed by atoms with E-state index in [0.29, 0.717) is 60.2 Å². The van der Waals surface area contributed by atoms with Crippen molar-refractivity contribution < 1.29 is 57.1 Å². The van der Waals surface area contributed by atoms with Gasteiger partial charge in [0, 0.05) is 31.6 Å². The molecule has 14 nitrogen and oxygen atoms in total. The van der Waals surface area contributed by atoms with Gasteiger partial charge in [-0.05, 0) is 95.5 Å². The van der Waals surface area contributed by atoms with Crippen molar-refractivity contribution >= 4 is 19.4 Å². The molecule has 0 saturated heterocycles. The van der Waals surface area contributed by atoms with E-state index in [0.717, 1.165) is 51.2 Å². The number of hydrogen-bond donors (Lipinski definition) is 4. The molecule has 0 radical (unpaired) electrons. The second kappa shape index (κ2) is 17.5. The van der Waals surface area contributed by atoms with Gasteiger partial charge in [0.05, 0.1) is 54.7 Å². The largest absolute Gasteiger partial charge is 0.508 e. The second-order valence-electron chi connectivity index (χ2n) is 13.4. The number of phenolic OH excluding ortho intramolecular Hbond substituents is 1. The molecule has 0 aliphatic heterocycles. The molecule has 2 amide bonds. The molecule has 4 N–H and O–H groups in total. The first-order valence-corrected chi connectivity index (χ1v) is 19.9. The van der Waals surface area contributed by atoms with E-state index in [1.807, 2.05) is 18.2 Å². The van der Waals surface area contributed by atoms with Crippen molar-refractivity contribution in [2.75, 3.05) is 49.3 Å². The second-order valence-corrected chi connectivity index (χ2v) is 15.1. The Balaban J connectivity index is 0.000000216. The number of nitrogens with one attached hydrogen (secondary N) is 2. The van der Waals surface area contributed by atoms with Crippen molar-refractivity contribution in [1.82, 2.24) is 10.6 Å². The van der Waals surface area contributed by atoms with Crippen LogP contribution < -0.4 is 43.6 Å². The van der Waals surface area contributed by atoms with Crippen molar-refractivity contribution in [2.45, 2.75) is 51.6 Å². The van der Waals surface area contributed by atoms with E-state index in [9.17, 15) is 24.2 Å². The lowest BCUT2D eigenvalue weighted by Crippen LogP contribution is -2.26. The fourth-order valence-electron chi connectivity index (χ4n) is 7.48. The van der Waals surface area contributed by atoms with Gasteiger partial charge in [-0.15, -0.1) is 0 Å². The SMILES string of the molecule is COc1cc2c(c(OC)c1OC)-c1ccc(O)cc1[C@@H](NC(C)=O)CC2.COc1cc2c(c(OC)c1OC)-c1ccc(OP(C)(=O)O)cc1[C@@H](NC(C)=O)CC2. The van der Waals surface area contributed by atoms with Gasteiger partial charge in [0.15, 0.2) is 23.0 Å². The Morgan fingerprint density at radius 3 is 1.46 bits per heavy atom. The maximum absolute atomic E-state index is 11.9. The predicted molar refractivity (Wildman–Crippen MR) is 211 cm³/mol. The molecular formula is C41H49N2O12P. The van der Waals surface area contributed by atoms with Crippen LogP contribution in [0, 0.1) is 0 Å². The fourth-order valence-corrected chi connectivity index (χ4v) is 7.98. The number of aryl methyl sites for hydroxylation is 2. The maximum Gasteiger partial charge on any atom is 0.373 e. The van der Waals surface area contributed by atoms with Crippen LogP contribution in [0.3, 0.4) is 0 Å². The van der Waals surface area contributed by atoms with E-state index in [1.54, 1.807) is 73.0 Å². The number of methoxy groups -OCH3 is 6. The summed E-state index contributed by atoms with van der Waals surface area (Å²) in [5, 5.41) is 16.0. The molecule has 15 heteroatoms. The average molecular weight is 793 g/mol. The van der Waals surface area contributed by atoms with Crippen molar-refractivity contribution in [3.8, 4) is 68.2 Å². The molecule has 6 rings (SSSR count). The third-order valence-corrected chi connectivity index (χ3v) is 10.2. The summed E-state index contributed by atoms with van der Waals surface area (Å²) in [5.74, 6) is 3.36. The van der Waals surface area contributed by atoms with Crippen LogP contribution >= 0.6 is 7.60 Å². The first kappa shape index (κ1) is 41.6. The molecule has 0 saturated carbocycles. The molecule has 300 valence electrons. The summed E-state index contributed by atoms with van der Waals surface area (Å²) in [4.78, 5) is 33.2. The third-order valence-electron chi connectivity index (χ3n) is 9.61. The molecule has 1 unspecified atom stereocenters. The lowest BCUT2D eigenvalue weighted by atomic mass is 9.93. The zero-order valence-electron chi connectivity index (χ0n) is 33.0. The van der Waals surface area contributed by atoms with Crippen LogP contribution in [0.25, 0.3) is 22.3 Å². The Kier molecular flexibility index (Phi) is 13.0. The third kappa shape index (κ3) is 8.77. The molecule has 3 atom stereocenters. The smallest absolute Gasteiger partial charge is 0.373 e. The molecule has 2 aliphatic rings. The molecule has 0 heterocycles. The van der Waals surface area contributed by atoms with E-state index in [1.165, 1.54) is 13.8 Å². The van der Waals surface area contributed by atoms with Crippen LogP contribution in [-0.4, -0.2) is 71.1 Å². The number of amides is 2. The summed E-state index contributed by atoms with van der Waals surface area (Å²) < 4.78 is 50.4. The standard InChI is InChI=1S/C21H26NO7P.C20H23NO5/c1-12(23)22-17-9-6-13-10-18(26-2)20(27-3)21(28-4)19(13)15-8-7-14(11-16(15)17)29-30(5,24)25;1-11(22)21-16-8-5-12-9-17(24-2)19(25-3)20(26-4)18(12)14-7-6-13(23)10-15(14)16/h7-8,10-11,17H,6,9H2,1-5H3,(H,22,23)(H,24,25);6-7,9-10,16,23H,5,8H2,1-4H3,(H,21,22)/t17-;16-/m00/s1. The molecule has 56 heavy (non-hydrogen) atoms. The number of hydrogen-bond acceptors (Lipinski definition) is 11. The Morgan fingerprint density at radius 1 is 0.643 bits per heavy atom. The van der Waals surface area contributed by atoms with E-state index >= 15 is 0 Å². The number of fused-ring (bicyclic) bond motifs is 6. The van der Waals surface area contributed by atoms with Crippen molar-refractivity contribution in [1.29, 1.82) is 0 Å². The number of carbonyl (C=O) groups excluding carboxylic acids is 2. The van der Waals surface area contributed by atoms with Gasteiger partial charge >= 0.3 is 7.60 Å². The number of rotatable bonds is 10. The van der Waals surface area contributed by atoms with Gasteiger partial charge in [-0.1, -0.05) is 12.1 Å². The topological polar surface area (TPSA) is 180 Å². The number of phenols is 1. The van der Waals surface area contributed by atoms with E-state index in [4.69, 9.17) is 32.9 Å². The highest BCUT2D eigenvalue weighted by Gasteiger charge is 2.31. The fraction of sp³-hybridized carbons (Fsp3) is 0.366. The van der Waals surface area contributed by atoms with Crippen LogP contribution in [-0.2, 0) is 27.0 Å². The van der Waals surface area contributed by atoms with Crippen molar-refractivity contribution in [2.24, 2.45) is 0 Å². The maximum atomic E-state index is 11.9. The highest BCUT2D eigenvalue weighted by molar-refractivity contribution is 7.52. The van der Waals surface area contributed by atoms with Crippen LogP contribution in [0.15, 0.2) is 48.5 Å².